The minimum Gasteiger partial charge on any atom is -0.493 e. The number of ether oxygens (including phenoxy) is 3. The lowest BCUT2D eigenvalue weighted by Crippen LogP contribution is -2.33. The summed E-state index contributed by atoms with van der Waals surface area (Å²) in [6.07, 6.45) is 0. The Hall–Kier alpha value is -3.35. The van der Waals surface area contributed by atoms with Crippen LogP contribution >= 0.6 is 0 Å². The zero-order valence-corrected chi connectivity index (χ0v) is 16.6. The largest absolute Gasteiger partial charge is 0.493 e. The van der Waals surface area contributed by atoms with Crippen LogP contribution < -0.4 is 9.47 Å². The van der Waals surface area contributed by atoms with E-state index in [2.05, 4.69) is 0 Å². The number of amides is 2. The molecule has 0 fully saturated rings. The van der Waals surface area contributed by atoms with Crippen LogP contribution in [0.2, 0.25) is 0 Å². The molecular formula is C22H23NO6. The quantitative estimate of drug-likeness (QED) is 0.503. The molecule has 3 rings (SSSR count). The van der Waals surface area contributed by atoms with E-state index < -0.39 is 5.97 Å². The standard InChI is InChI=1S/C22H23NO6/c1-14(2)13-29-18-9-8-15(12-19(18)27-3)22(26)28-11-10-23-20(24)16-6-4-5-7-17(16)21(23)25/h4-9,12,14H,10-11,13H2,1-3H3. The highest BCUT2D eigenvalue weighted by atomic mass is 16.5. The molecule has 0 saturated heterocycles. The van der Waals surface area contributed by atoms with Gasteiger partial charge in [0.1, 0.15) is 6.61 Å². The van der Waals surface area contributed by atoms with Crippen LogP contribution in [0.3, 0.4) is 0 Å². The maximum atomic E-state index is 12.3. The Kier molecular flexibility index (Phi) is 6.16. The number of hydrogen-bond acceptors (Lipinski definition) is 6. The summed E-state index contributed by atoms with van der Waals surface area (Å²) in [7, 11) is 1.49. The van der Waals surface area contributed by atoms with Crippen LogP contribution in [-0.4, -0.2) is 49.6 Å². The molecule has 0 saturated carbocycles. The Morgan fingerprint density at radius 1 is 1.00 bits per heavy atom. The van der Waals surface area contributed by atoms with Gasteiger partial charge < -0.3 is 14.2 Å². The molecule has 0 bridgehead atoms. The summed E-state index contributed by atoms with van der Waals surface area (Å²) < 4.78 is 16.2. The molecule has 0 unspecified atom stereocenters. The van der Waals surface area contributed by atoms with Gasteiger partial charge in [-0.1, -0.05) is 26.0 Å². The number of rotatable bonds is 8. The number of fused-ring (bicyclic) bond motifs is 1. The molecule has 1 aliphatic rings. The number of imide groups is 1. The highest BCUT2D eigenvalue weighted by Crippen LogP contribution is 2.29. The van der Waals surface area contributed by atoms with Gasteiger partial charge in [-0.2, -0.15) is 0 Å². The molecule has 7 heteroatoms. The summed E-state index contributed by atoms with van der Waals surface area (Å²) in [4.78, 5) is 38.1. The maximum absolute atomic E-state index is 12.3. The second-order valence-electron chi connectivity index (χ2n) is 7.01. The van der Waals surface area contributed by atoms with Gasteiger partial charge in [-0.3, -0.25) is 14.5 Å². The third-order valence-electron chi connectivity index (χ3n) is 4.40. The molecule has 7 nitrogen and oxygen atoms in total. The summed E-state index contributed by atoms with van der Waals surface area (Å²) in [6.45, 7) is 4.49. The molecule has 0 radical (unpaired) electrons. The van der Waals surface area contributed by atoms with E-state index in [1.807, 2.05) is 13.8 Å². The predicted octanol–water partition coefficient (Wildman–Crippen LogP) is 3.18. The summed E-state index contributed by atoms with van der Waals surface area (Å²) >= 11 is 0. The zero-order chi connectivity index (χ0) is 21.0. The van der Waals surface area contributed by atoms with Gasteiger partial charge >= 0.3 is 5.97 Å². The first-order chi connectivity index (χ1) is 13.9. The number of carbonyl (C=O) groups is 3. The molecule has 2 aromatic carbocycles. The Bertz CT molecular complexity index is 902. The second kappa shape index (κ2) is 8.77. The topological polar surface area (TPSA) is 82.1 Å². The van der Waals surface area contributed by atoms with Gasteiger partial charge in [0.2, 0.25) is 0 Å². The third-order valence-corrected chi connectivity index (χ3v) is 4.40. The monoisotopic (exact) mass is 397 g/mol. The van der Waals surface area contributed by atoms with Crippen LogP contribution in [0.1, 0.15) is 44.9 Å². The number of hydrogen-bond donors (Lipinski definition) is 0. The first kappa shape index (κ1) is 20.4. The van der Waals surface area contributed by atoms with Crippen LogP contribution in [-0.2, 0) is 4.74 Å². The molecule has 0 aliphatic carbocycles. The lowest BCUT2D eigenvalue weighted by molar-refractivity contribution is 0.0420. The second-order valence-corrected chi connectivity index (χ2v) is 7.01. The molecule has 1 heterocycles. The summed E-state index contributed by atoms with van der Waals surface area (Å²) in [5.74, 6) is -0.00372. The van der Waals surface area contributed by atoms with E-state index >= 15 is 0 Å². The summed E-state index contributed by atoms with van der Waals surface area (Å²) in [6, 6.07) is 11.4. The Labute approximate surface area is 169 Å². The van der Waals surface area contributed by atoms with Crippen molar-refractivity contribution in [1.29, 1.82) is 0 Å². The van der Waals surface area contributed by atoms with Crippen molar-refractivity contribution in [2.75, 3.05) is 26.9 Å². The van der Waals surface area contributed by atoms with Crippen LogP contribution in [0.15, 0.2) is 42.5 Å². The lowest BCUT2D eigenvalue weighted by atomic mass is 10.1. The third kappa shape index (κ3) is 4.39. The van der Waals surface area contributed by atoms with Gasteiger partial charge in [-0.25, -0.2) is 4.79 Å². The fourth-order valence-electron chi connectivity index (χ4n) is 2.93. The molecule has 0 spiro atoms. The van der Waals surface area contributed by atoms with Gasteiger partial charge in [0, 0.05) is 0 Å². The normalized spacial score (nSPS) is 12.9. The van der Waals surface area contributed by atoms with E-state index in [1.54, 1.807) is 42.5 Å². The zero-order valence-electron chi connectivity index (χ0n) is 16.6. The van der Waals surface area contributed by atoms with Crippen LogP contribution in [0.5, 0.6) is 11.5 Å². The minimum atomic E-state index is -0.574. The average Bonchev–Trinajstić information content (AvgIpc) is 2.97. The molecule has 29 heavy (non-hydrogen) atoms. The van der Waals surface area contributed by atoms with E-state index in [9.17, 15) is 14.4 Å². The number of methoxy groups -OCH3 is 1. The van der Waals surface area contributed by atoms with E-state index in [0.29, 0.717) is 40.7 Å². The smallest absolute Gasteiger partial charge is 0.338 e. The predicted molar refractivity (Wildman–Crippen MR) is 105 cm³/mol. The molecular weight excluding hydrogens is 374 g/mol. The van der Waals surface area contributed by atoms with Gasteiger partial charge in [0.15, 0.2) is 11.5 Å². The lowest BCUT2D eigenvalue weighted by Gasteiger charge is -2.15. The van der Waals surface area contributed by atoms with E-state index in [0.717, 1.165) is 4.90 Å². The number of esters is 1. The molecule has 1 aliphatic heterocycles. The number of carbonyl (C=O) groups excluding carboxylic acids is 3. The number of benzene rings is 2. The summed E-state index contributed by atoms with van der Waals surface area (Å²) in [5, 5.41) is 0. The van der Waals surface area contributed by atoms with Crippen molar-refractivity contribution >= 4 is 17.8 Å². The Morgan fingerprint density at radius 2 is 1.66 bits per heavy atom. The Morgan fingerprint density at radius 3 is 2.24 bits per heavy atom. The fraction of sp³-hybridized carbons (Fsp3) is 0.318. The molecule has 0 aromatic heterocycles. The molecule has 0 N–H and O–H groups in total. The van der Waals surface area contributed by atoms with Crippen molar-refractivity contribution in [1.82, 2.24) is 4.90 Å². The van der Waals surface area contributed by atoms with Crippen molar-refractivity contribution in [3.05, 3.63) is 59.2 Å². The van der Waals surface area contributed by atoms with Crippen molar-refractivity contribution in [2.45, 2.75) is 13.8 Å². The highest BCUT2D eigenvalue weighted by Gasteiger charge is 2.34. The van der Waals surface area contributed by atoms with E-state index in [-0.39, 0.29) is 25.0 Å². The van der Waals surface area contributed by atoms with Crippen molar-refractivity contribution in [3.8, 4) is 11.5 Å². The van der Waals surface area contributed by atoms with Crippen LogP contribution in [0.4, 0.5) is 0 Å². The molecule has 0 atom stereocenters. The van der Waals surface area contributed by atoms with Crippen molar-refractivity contribution in [2.24, 2.45) is 5.92 Å². The van der Waals surface area contributed by atoms with Gasteiger partial charge in [0.25, 0.3) is 11.8 Å². The van der Waals surface area contributed by atoms with Crippen molar-refractivity contribution in [3.63, 3.8) is 0 Å². The molecule has 2 amide bonds. The first-order valence-electron chi connectivity index (χ1n) is 9.35. The van der Waals surface area contributed by atoms with E-state index in [1.165, 1.54) is 7.11 Å². The van der Waals surface area contributed by atoms with Crippen LogP contribution in [0, 0.1) is 5.92 Å². The van der Waals surface area contributed by atoms with Crippen molar-refractivity contribution < 1.29 is 28.6 Å². The van der Waals surface area contributed by atoms with E-state index in [4.69, 9.17) is 14.2 Å². The summed E-state index contributed by atoms with van der Waals surface area (Å²) in [5.41, 5.74) is 1.03. The fourth-order valence-corrected chi connectivity index (χ4v) is 2.93. The maximum Gasteiger partial charge on any atom is 0.338 e. The average molecular weight is 397 g/mol. The van der Waals surface area contributed by atoms with Gasteiger partial charge in [-0.05, 0) is 36.2 Å². The number of nitrogens with zero attached hydrogens (tertiary/aromatic N) is 1. The minimum absolute atomic E-state index is 0.00912. The SMILES string of the molecule is COc1cc(C(=O)OCCN2C(=O)c3ccccc3C2=O)ccc1OCC(C)C. The Balaban J connectivity index is 1.59. The van der Waals surface area contributed by atoms with Gasteiger partial charge in [0.05, 0.1) is 37.0 Å². The first-order valence-corrected chi connectivity index (χ1v) is 9.35. The molecule has 2 aromatic rings. The molecule has 152 valence electrons. The van der Waals surface area contributed by atoms with Crippen LogP contribution in [0.25, 0.3) is 0 Å². The highest BCUT2D eigenvalue weighted by molar-refractivity contribution is 6.21. The van der Waals surface area contributed by atoms with Gasteiger partial charge in [-0.15, -0.1) is 0 Å².